The first kappa shape index (κ1) is 78.4. The number of nitrogens with two attached hydrogens (primary N) is 2. The summed E-state index contributed by atoms with van der Waals surface area (Å²) in [6.45, 7) is 31.3. The van der Waals surface area contributed by atoms with Crippen LogP contribution in [0.2, 0.25) is 0 Å². The molecule has 91 heavy (non-hydrogen) atoms. The molecular weight excluding hydrogens is 1320 g/mol. The van der Waals surface area contributed by atoms with Gasteiger partial charge in [-0.25, -0.2) is 19.6 Å². The summed E-state index contributed by atoms with van der Waals surface area (Å²) < 4.78 is 110. The molecule has 2 atom stereocenters. The number of urea groups is 2. The Morgan fingerprint density at radius 3 is 1.44 bits per heavy atom. The molecule has 27 heteroatoms. The Morgan fingerprint density at radius 2 is 1.03 bits per heavy atom. The van der Waals surface area contributed by atoms with E-state index in [-0.39, 0.29) is 37.7 Å². The molecule has 0 saturated carbocycles. The molecule has 7 heterocycles. The van der Waals surface area contributed by atoms with E-state index in [0.29, 0.717) is 68.0 Å². The normalized spacial score (nSPS) is 19.5. The van der Waals surface area contributed by atoms with E-state index in [1.165, 1.54) is 9.80 Å². The molecule has 2 aromatic carbocycles. The van der Waals surface area contributed by atoms with Crippen LogP contribution in [0.1, 0.15) is 132 Å². The summed E-state index contributed by atoms with van der Waals surface area (Å²) in [5, 5.41) is 12.6. The molecule has 0 aliphatic carbocycles. The van der Waals surface area contributed by atoms with E-state index < -0.39 is 67.4 Å². The third-order valence-electron chi connectivity index (χ3n) is 16.5. The minimum atomic E-state index is -4.22. The summed E-state index contributed by atoms with van der Waals surface area (Å²) in [6, 6.07) is 17.8. The molecule has 4 amide bonds. The van der Waals surface area contributed by atoms with Crippen LogP contribution in [0.4, 0.5) is 70.6 Å². The second-order valence-corrected chi connectivity index (χ2v) is 26.1. The van der Waals surface area contributed by atoms with Gasteiger partial charge < -0.3 is 70.8 Å². The zero-order valence-corrected chi connectivity index (χ0v) is 58.2. The van der Waals surface area contributed by atoms with Gasteiger partial charge >= 0.3 is 31.5 Å². The highest BCUT2D eigenvalue weighted by Gasteiger charge is 2.52. The number of carbonyl (C=O) groups excluding carboxylic acids is 2. The minimum absolute atomic E-state index is 0. The Bertz CT molecular complexity index is 2880. The second kappa shape index (κ2) is 35.5. The Kier molecular flexibility index (Phi) is 30.6. The number of nitrogen functional groups attached to an aromatic ring is 2. The van der Waals surface area contributed by atoms with E-state index in [1.807, 2.05) is 106 Å². The average molecular weight is 1420 g/mol. The zero-order chi connectivity index (χ0) is 66.7. The number of benzene rings is 2. The predicted octanol–water partition coefficient (Wildman–Crippen LogP) is 14.0. The SMILES string of the molecule is CC1(Nc2cc(I)cc(N)n2)CCOCC1.CCOCC.CCOCC.Cc1ccc(NC(=O)N2CC[C@@H](CC(F)(F)F)C2)cc1-c1cc(N)nc(NC2(C)CCOCC2)c1.Cc1ccc(NC(=O)N2CC[C@@H](CC(F)(F)F)C2)cc1B1OC(C)(C)C(C)(C)O1.S. The van der Waals surface area contributed by atoms with E-state index in [4.69, 9.17) is 39.7 Å². The number of halogens is 7. The van der Waals surface area contributed by atoms with Crippen LogP contribution in [-0.2, 0) is 28.3 Å². The molecule has 0 unspecified atom stereocenters. The van der Waals surface area contributed by atoms with Crippen LogP contribution in [0.25, 0.3) is 11.1 Å². The molecule has 5 aliphatic rings. The molecule has 5 aliphatic heterocycles. The monoisotopic (exact) mass is 1420 g/mol. The lowest BCUT2D eigenvalue weighted by Crippen LogP contribution is -2.41. The number of pyridine rings is 2. The van der Waals surface area contributed by atoms with Gasteiger partial charge in [-0.3, -0.25) is 0 Å². The van der Waals surface area contributed by atoms with Crippen molar-refractivity contribution < 1.29 is 64.2 Å². The maximum absolute atomic E-state index is 12.7. The van der Waals surface area contributed by atoms with Gasteiger partial charge in [0.25, 0.3) is 0 Å². The number of amides is 4. The fourth-order valence-corrected chi connectivity index (χ4v) is 11.3. The Balaban J connectivity index is 0.000000282. The van der Waals surface area contributed by atoms with Crippen molar-refractivity contribution in [1.29, 1.82) is 0 Å². The number of anilines is 6. The first-order valence-electron chi connectivity index (χ1n) is 31.1. The number of carbonyl (C=O) groups is 2. The zero-order valence-electron chi connectivity index (χ0n) is 55.0. The van der Waals surface area contributed by atoms with Crippen molar-refractivity contribution in [3.05, 3.63) is 75.4 Å². The van der Waals surface area contributed by atoms with Crippen molar-refractivity contribution in [2.24, 2.45) is 11.8 Å². The number of alkyl halides is 6. The number of nitrogens with one attached hydrogen (secondary N) is 4. The van der Waals surface area contributed by atoms with Gasteiger partial charge in [-0.15, -0.1) is 0 Å². The number of hydrogen-bond acceptors (Lipinski definition) is 14. The van der Waals surface area contributed by atoms with Gasteiger partial charge in [0, 0.05) is 118 Å². The third-order valence-corrected chi connectivity index (χ3v) is 17.2. The first-order valence-corrected chi connectivity index (χ1v) is 32.2. The van der Waals surface area contributed by atoms with Crippen molar-refractivity contribution in [2.75, 3.05) is 112 Å². The maximum Gasteiger partial charge on any atom is 0.495 e. The molecule has 5 saturated heterocycles. The maximum atomic E-state index is 12.7. The Morgan fingerprint density at radius 1 is 0.626 bits per heavy atom. The summed E-state index contributed by atoms with van der Waals surface area (Å²) in [4.78, 5) is 36.9. The molecule has 2 aromatic heterocycles. The topological polar surface area (TPSA) is 222 Å². The fourth-order valence-electron chi connectivity index (χ4n) is 10.7. The molecule has 510 valence electrons. The fraction of sp³-hybridized carbons (Fsp3) is 0.625. The van der Waals surface area contributed by atoms with Gasteiger partial charge in [-0.1, -0.05) is 17.7 Å². The first-order chi connectivity index (χ1) is 42.2. The molecule has 0 radical (unpaired) electrons. The highest BCUT2D eigenvalue weighted by atomic mass is 127. The predicted molar refractivity (Wildman–Crippen MR) is 365 cm³/mol. The average Bonchev–Trinajstić information content (AvgIpc) is 1.71. The van der Waals surface area contributed by atoms with Gasteiger partial charge in [-0.2, -0.15) is 39.8 Å². The van der Waals surface area contributed by atoms with E-state index in [1.54, 1.807) is 24.3 Å². The van der Waals surface area contributed by atoms with Crippen LogP contribution in [-0.4, -0.2) is 153 Å². The smallest absolute Gasteiger partial charge is 0.399 e. The third kappa shape index (κ3) is 26.0. The molecule has 5 fully saturated rings. The summed E-state index contributed by atoms with van der Waals surface area (Å²) >= 11 is 2.25. The van der Waals surface area contributed by atoms with Crippen LogP contribution >= 0.6 is 36.1 Å². The summed E-state index contributed by atoms with van der Waals surface area (Å²) in [6.07, 6.45) is -5.70. The summed E-state index contributed by atoms with van der Waals surface area (Å²) in [7, 11) is -0.556. The van der Waals surface area contributed by atoms with Gasteiger partial charge in [-0.05, 0) is 227 Å². The van der Waals surface area contributed by atoms with Crippen molar-refractivity contribution in [3.8, 4) is 11.1 Å². The van der Waals surface area contributed by atoms with Crippen LogP contribution in [0, 0.1) is 29.3 Å². The van der Waals surface area contributed by atoms with Gasteiger partial charge in [0.05, 0.1) is 11.2 Å². The van der Waals surface area contributed by atoms with Gasteiger partial charge in [0.2, 0.25) is 0 Å². The van der Waals surface area contributed by atoms with Crippen LogP contribution in [0.3, 0.4) is 0 Å². The number of nitrogens with zero attached hydrogens (tertiary/aromatic N) is 4. The minimum Gasteiger partial charge on any atom is -0.399 e. The Labute approximate surface area is 555 Å². The van der Waals surface area contributed by atoms with Gasteiger partial charge in [0.15, 0.2) is 0 Å². The van der Waals surface area contributed by atoms with E-state index in [2.05, 4.69) is 67.7 Å². The molecule has 18 nitrogen and oxygen atoms in total. The molecule has 4 aromatic rings. The van der Waals surface area contributed by atoms with Crippen LogP contribution in [0.15, 0.2) is 60.7 Å². The molecule has 8 N–H and O–H groups in total. The number of rotatable bonds is 14. The quantitative estimate of drug-likeness (QED) is 0.0393. The van der Waals surface area contributed by atoms with Crippen molar-refractivity contribution in [2.45, 2.75) is 169 Å². The van der Waals surface area contributed by atoms with Crippen LogP contribution in [0.5, 0.6) is 0 Å². The number of aromatic nitrogens is 2. The van der Waals surface area contributed by atoms with Crippen molar-refractivity contribution >= 4 is 95.4 Å². The lowest BCUT2D eigenvalue weighted by molar-refractivity contribution is -0.144. The van der Waals surface area contributed by atoms with E-state index in [0.717, 1.165) is 102 Å². The number of ether oxygens (including phenoxy) is 4. The second-order valence-electron chi connectivity index (χ2n) is 24.8. The lowest BCUT2D eigenvalue weighted by atomic mass is 9.76. The van der Waals surface area contributed by atoms with Crippen LogP contribution < -0.4 is 38.2 Å². The standard InChI is InChI=1S/C25H32F3N5O2.C20H28BF3N2O3.C11H16IN3O.2C4H10O.H2S/c1-16-3-4-19(30-23(34)33-8-5-17(15-33)14-25(26,27)28)13-20(16)18-11-21(29)31-22(12-18)32-24(2)6-9-35-10-7-24;1-13-6-7-15(10-16(13)21-28-18(2,3)19(4,5)29-21)25-17(27)26-9-8-14(12-26)11-20(22,23)24;1-11(2-4-16-5-3-11)15-10-7-8(12)6-9(13)14-10;2*1-3-5-4-2;/h3-4,11-13,17H,5-10,14-15H2,1-2H3,(H,30,34)(H3,29,31,32);6-7,10,14H,8-9,11-12H2,1-5H3,(H,25,27);6-7H,2-5H2,1H3,(H3,13,14,15);2*3-4H2,1-2H3;1H2/t17-;14-;;;;/m00..../s1. The van der Waals surface area contributed by atoms with Crippen molar-refractivity contribution in [3.63, 3.8) is 0 Å². The Hall–Kier alpha value is -5.04. The molecule has 0 bridgehead atoms. The molecular formula is C64H98BF6IN10O8S. The summed E-state index contributed by atoms with van der Waals surface area (Å²) in [5.74, 6) is 1.36. The highest BCUT2D eigenvalue weighted by molar-refractivity contribution is 14.1. The molecule has 9 rings (SSSR count). The highest BCUT2D eigenvalue weighted by Crippen LogP contribution is 2.38. The van der Waals surface area contributed by atoms with Crippen molar-refractivity contribution in [1.82, 2.24) is 19.8 Å². The number of hydrogen-bond donors (Lipinski definition) is 6. The molecule has 0 spiro atoms. The number of aryl methyl sites for hydroxylation is 2. The van der Waals surface area contributed by atoms with Gasteiger partial charge in [0.1, 0.15) is 23.3 Å². The number of likely N-dealkylation sites (tertiary alicyclic amines) is 2. The van der Waals surface area contributed by atoms with E-state index >= 15 is 0 Å². The summed E-state index contributed by atoms with van der Waals surface area (Å²) in [5.41, 5.74) is 16.5. The largest absolute Gasteiger partial charge is 0.495 e. The van der Waals surface area contributed by atoms with E-state index in [9.17, 15) is 35.9 Å². The lowest BCUT2D eigenvalue weighted by Gasteiger charge is -2.35.